The summed E-state index contributed by atoms with van der Waals surface area (Å²) in [5.74, 6) is -0.557. The zero-order chi connectivity index (χ0) is 10.5. The number of aliphatic hydroxyl groups excluding tert-OH is 1. The average molecular weight is 202 g/mol. The molecule has 14 heavy (non-hydrogen) atoms. The van der Waals surface area contributed by atoms with Crippen LogP contribution in [0.2, 0.25) is 0 Å². The van der Waals surface area contributed by atoms with Crippen LogP contribution in [0.4, 0.5) is 0 Å². The van der Waals surface area contributed by atoms with Crippen LogP contribution in [-0.4, -0.2) is 35.5 Å². The molecule has 2 saturated heterocycles. The van der Waals surface area contributed by atoms with Gasteiger partial charge in [0.2, 0.25) is 0 Å². The van der Waals surface area contributed by atoms with E-state index in [1.54, 1.807) is 0 Å². The molecule has 4 nitrogen and oxygen atoms in total. The van der Waals surface area contributed by atoms with Crippen LogP contribution >= 0.6 is 0 Å². The summed E-state index contributed by atoms with van der Waals surface area (Å²) < 4.78 is 16.8. The molecule has 82 valence electrons. The second kappa shape index (κ2) is 3.17. The Balaban J connectivity index is 2.15. The van der Waals surface area contributed by atoms with E-state index in [-0.39, 0.29) is 24.4 Å². The van der Waals surface area contributed by atoms with E-state index in [1.807, 2.05) is 27.7 Å². The van der Waals surface area contributed by atoms with Gasteiger partial charge in [0.25, 0.3) is 0 Å². The third-order valence-corrected chi connectivity index (χ3v) is 2.97. The summed E-state index contributed by atoms with van der Waals surface area (Å²) in [7, 11) is 0. The second-order valence-corrected chi connectivity index (χ2v) is 4.66. The summed E-state index contributed by atoms with van der Waals surface area (Å²) in [5, 5.41) is 9.80. The van der Waals surface area contributed by atoms with Gasteiger partial charge in [-0.3, -0.25) is 0 Å². The van der Waals surface area contributed by atoms with E-state index in [9.17, 15) is 5.11 Å². The highest BCUT2D eigenvalue weighted by Crippen LogP contribution is 2.38. The molecule has 2 aliphatic rings. The molecule has 0 bridgehead atoms. The van der Waals surface area contributed by atoms with Crippen molar-refractivity contribution in [2.75, 3.05) is 0 Å². The van der Waals surface area contributed by atoms with Crippen molar-refractivity contribution in [2.24, 2.45) is 5.92 Å². The molecule has 2 aliphatic heterocycles. The normalized spacial score (nSPS) is 51.6. The van der Waals surface area contributed by atoms with Crippen LogP contribution in [0.5, 0.6) is 0 Å². The van der Waals surface area contributed by atoms with Crippen molar-refractivity contribution >= 4 is 0 Å². The fraction of sp³-hybridized carbons (Fsp3) is 1.00. The average Bonchev–Trinajstić information content (AvgIpc) is 2.37. The van der Waals surface area contributed by atoms with Gasteiger partial charge < -0.3 is 19.3 Å². The molecule has 0 aromatic rings. The highest BCUT2D eigenvalue weighted by Gasteiger charge is 2.51. The molecule has 0 saturated carbocycles. The van der Waals surface area contributed by atoms with Gasteiger partial charge in [-0.05, 0) is 20.8 Å². The van der Waals surface area contributed by atoms with Crippen molar-refractivity contribution in [3.05, 3.63) is 0 Å². The number of rotatable bonds is 0. The maximum Gasteiger partial charge on any atom is 0.187 e. The quantitative estimate of drug-likeness (QED) is 0.633. The van der Waals surface area contributed by atoms with Gasteiger partial charge in [-0.1, -0.05) is 6.92 Å². The van der Waals surface area contributed by atoms with Crippen LogP contribution in [0, 0.1) is 5.92 Å². The van der Waals surface area contributed by atoms with Crippen LogP contribution in [0.15, 0.2) is 0 Å². The lowest BCUT2D eigenvalue weighted by Gasteiger charge is -2.37. The number of hydrogen-bond donors (Lipinski definition) is 1. The van der Waals surface area contributed by atoms with Gasteiger partial charge in [0.15, 0.2) is 12.1 Å². The Kier molecular flexibility index (Phi) is 2.34. The maximum absolute atomic E-state index is 9.80. The largest absolute Gasteiger partial charge is 0.390 e. The highest BCUT2D eigenvalue weighted by molar-refractivity contribution is 4.90. The zero-order valence-electron chi connectivity index (χ0n) is 9.06. The number of aliphatic hydroxyl groups is 1. The first kappa shape index (κ1) is 10.4. The number of ether oxygens (including phenoxy) is 3. The molecule has 5 atom stereocenters. The Hall–Kier alpha value is -0.160. The summed E-state index contributed by atoms with van der Waals surface area (Å²) in [6, 6.07) is 0. The van der Waals surface area contributed by atoms with Gasteiger partial charge in [0.05, 0.1) is 12.2 Å². The number of hydrogen-bond acceptors (Lipinski definition) is 4. The van der Waals surface area contributed by atoms with Gasteiger partial charge in [0.1, 0.15) is 6.10 Å². The van der Waals surface area contributed by atoms with Gasteiger partial charge >= 0.3 is 0 Å². The molecule has 4 heteroatoms. The SMILES string of the molecule is CC1O[C@@H]2OC(C)(C)OC2[C@@H](C)[C@H]1O. The monoisotopic (exact) mass is 202 g/mol. The molecule has 0 amide bonds. The molecule has 1 N–H and O–H groups in total. The van der Waals surface area contributed by atoms with E-state index in [2.05, 4.69) is 0 Å². The second-order valence-electron chi connectivity index (χ2n) is 4.66. The lowest BCUT2D eigenvalue weighted by molar-refractivity contribution is -0.233. The van der Waals surface area contributed by atoms with Crippen molar-refractivity contribution in [3.63, 3.8) is 0 Å². The third kappa shape index (κ3) is 1.56. The molecule has 0 radical (unpaired) electrons. The molecule has 0 aromatic carbocycles. The van der Waals surface area contributed by atoms with E-state index >= 15 is 0 Å². The van der Waals surface area contributed by atoms with Crippen molar-refractivity contribution < 1.29 is 19.3 Å². The van der Waals surface area contributed by atoms with Crippen molar-refractivity contribution in [2.45, 2.75) is 58.1 Å². The van der Waals surface area contributed by atoms with E-state index in [1.165, 1.54) is 0 Å². The predicted octanol–water partition coefficient (Wildman–Crippen LogP) is 0.880. The van der Waals surface area contributed by atoms with Gasteiger partial charge in [-0.2, -0.15) is 0 Å². The van der Waals surface area contributed by atoms with E-state index in [0.29, 0.717) is 0 Å². The van der Waals surface area contributed by atoms with Crippen molar-refractivity contribution in [1.82, 2.24) is 0 Å². The summed E-state index contributed by atoms with van der Waals surface area (Å²) in [6.07, 6.45) is -1.16. The van der Waals surface area contributed by atoms with E-state index in [0.717, 1.165) is 0 Å². The predicted molar refractivity (Wildman–Crippen MR) is 49.5 cm³/mol. The van der Waals surface area contributed by atoms with E-state index < -0.39 is 11.9 Å². The summed E-state index contributed by atoms with van der Waals surface area (Å²) in [5.41, 5.74) is 0. The summed E-state index contributed by atoms with van der Waals surface area (Å²) in [6.45, 7) is 7.54. The summed E-state index contributed by atoms with van der Waals surface area (Å²) >= 11 is 0. The first-order valence-electron chi connectivity index (χ1n) is 5.10. The minimum atomic E-state index is -0.604. The molecule has 2 fully saturated rings. The minimum absolute atomic E-state index is 0.0468. The smallest absolute Gasteiger partial charge is 0.187 e. The van der Waals surface area contributed by atoms with Crippen LogP contribution in [0.1, 0.15) is 27.7 Å². The molecular weight excluding hydrogens is 184 g/mol. The fourth-order valence-corrected chi connectivity index (χ4v) is 2.13. The van der Waals surface area contributed by atoms with Crippen molar-refractivity contribution in [1.29, 1.82) is 0 Å². The third-order valence-electron chi connectivity index (χ3n) is 2.97. The summed E-state index contributed by atoms with van der Waals surface area (Å²) in [4.78, 5) is 0. The topological polar surface area (TPSA) is 47.9 Å². The molecule has 2 rings (SSSR count). The lowest BCUT2D eigenvalue weighted by Crippen LogP contribution is -2.50. The van der Waals surface area contributed by atoms with Gasteiger partial charge in [-0.15, -0.1) is 0 Å². The fourth-order valence-electron chi connectivity index (χ4n) is 2.13. The molecule has 0 spiro atoms. The number of fused-ring (bicyclic) bond motifs is 1. The van der Waals surface area contributed by atoms with E-state index in [4.69, 9.17) is 14.2 Å². The van der Waals surface area contributed by atoms with Crippen molar-refractivity contribution in [3.8, 4) is 0 Å². The lowest BCUT2D eigenvalue weighted by atomic mass is 9.91. The Bertz CT molecular complexity index is 228. The first-order valence-corrected chi connectivity index (χ1v) is 5.10. The Labute approximate surface area is 84.1 Å². The maximum atomic E-state index is 9.80. The highest BCUT2D eigenvalue weighted by atomic mass is 16.8. The van der Waals surface area contributed by atoms with Crippen LogP contribution < -0.4 is 0 Å². The van der Waals surface area contributed by atoms with Gasteiger partial charge in [0, 0.05) is 5.92 Å². The Morgan fingerprint density at radius 3 is 2.43 bits per heavy atom. The van der Waals surface area contributed by atoms with Crippen LogP contribution in [-0.2, 0) is 14.2 Å². The van der Waals surface area contributed by atoms with Crippen LogP contribution in [0.3, 0.4) is 0 Å². The zero-order valence-corrected chi connectivity index (χ0v) is 9.06. The minimum Gasteiger partial charge on any atom is -0.390 e. The van der Waals surface area contributed by atoms with Gasteiger partial charge in [-0.25, -0.2) is 0 Å². The first-order chi connectivity index (χ1) is 6.41. The molecular formula is C10H18O4. The molecule has 2 heterocycles. The van der Waals surface area contributed by atoms with Crippen LogP contribution in [0.25, 0.3) is 0 Å². The molecule has 0 aliphatic carbocycles. The molecule has 0 aromatic heterocycles. The molecule has 2 unspecified atom stereocenters. The standard InChI is InChI=1S/C10H18O4/c1-5-7(11)6(2)12-9-8(5)13-10(3,4)14-9/h5-9,11H,1-4H3/t5-,6?,7+,8?,9+/m0/s1. The Morgan fingerprint density at radius 1 is 1.14 bits per heavy atom. The Morgan fingerprint density at radius 2 is 1.79 bits per heavy atom.